The normalized spacial score (nSPS) is 9.68. The second kappa shape index (κ2) is 7.10. The molecule has 1 N–H and O–H groups in total. The van der Waals surface area contributed by atoms with Crippen LogP contribution in [0.1, 0.15) is 33.6 Å². The molecular weight excluding hydrogens is 248 g/mol. The Balaban J connectivity index is 2.43. The molecule has 1 aromatic carbocycles. The van der Waals surface area contributed by atoms with Crippen LogP contribution in [0.2, 0.25) is 0 Å². The van der Waals surface area contributed by atoms with Gasteiger partial charge in [-0.05, 0) is 36.8 Å². The van der Waals surface area contributed by atoms with Gasteiger partial charge in [0.2, 0.25) is 0 Å². The molecule has 0 saturated heterocycles. The average molecular weight is 262 g/mol. The number of esters is 1. The van der Waals surface area contributed by atoms with E-state index >= 15 is 0 Å². The van der Waals surface area contributed by atoms with Gasteiger partial charge in [-0.25, -0.2) is 9.59 Å². The van der Waals surface area contributed by atoms with Crippen LogP contribution in [-0.2, 0) is 9.53 Å². The predicted octanol–water partition coefficient (Wildman–Crippen LogP) is 2.08. The number of carboxylic acids is 1. The quantitative estimate of drug-likeness (QED) is 0.462. The highest BCUT2D eigenvalue weighted by atomic mass is 16.5. The van der Waals surface area contributed by atoms with Gasteiger partial charge in [0.1, 0.15) is 0 Å². The fourth-order valence-electron chi connectivity index (χ4n) is 1.35. The number of carboxylic acid groups (broad SMARTS) is 1. The first-order valence-electron chi connectivity index (χ1n) is 5.70. The zero-order valence-electron chi connectivity index (χ0n) is 10.3. The lowest BCUT2D eigenvalue weighted by atomic mass is 10.1. The zero-order valence-corrected chi connectivity index (χ0v) is 10.3. The van der Waals surface area contributed by atoms with Gasteiger partial charge in [-0.15, -0.1) is 0 Å². The molecule has 19 heavy (non-hydrogen) atoms. The van der Waals surface area contributed by atoms with Gasteiger partial charge < -0.3 is 9.84 Å². The first-order valence-corrected chi connectivity index (χ1v) is 5.70. The van der Waals surface area contributed by atoms with Crippen molar-refractivity contribution in [1.82, 2.24) is 0 Å². The maximum Gasteiger partial charge on any atom is 0.338 e. The first kappa shape index (κ1) is 14.6. The second-order valence-electron chi connectivity index (χ2n) is 3.79. The summed E-state index contributed by atoms with van der Waals surface area (Å²) in [4.78, 5) is 33.1. The predicted molar refractivity (Wildman–Crippen MR) is 68.1 cm³/mol. The molecule has 0 radical (unpaired) electrons. The molecule has 0 saturated carbocycles. The van der Waals surface area contributed by atoms with Crippen molar-refractivity contribution in [2.45, 2.75) is 12.8 Å². The van der Waals surface area contributed by atoms with Gasteiger partial charge in [-0.1, -0.05) is 6.58 Å². The molecule has 0 aliphatic heterocycles. The van der Waals surface area contributed by atoms with E-state index in [0.717, 1.165) is 0 Å². The van der Waals surface area contributed by atoms with Crippen molar-refractivity contribution in [3.8, 4) is 0 Å². The lowest BCUT2D eigenvalue weighted by Gasteiger charge is -2.04. The summed E-state index contributed by atoms with van der Waals surface area (Å²) in [5.41, 5.74) is 0.383. The van der Waals surface area contributed by atoms with Crippen molar-refractivity contribution >= 4 is 17.7 Å². The lowest BCUT2D eigenvalue weighted by molar-refractivity contribution is -0.114. The molecule has 0 bridgehead atoms. The smallest absolute Gasteiger partial charge is 0.338 e. The molecule has 100 valence electrons. The number of carbonyl (C=O) groups is 3. The van der Waals surface area contributed by atoms with Crippen LogP contribution < -0.4 is 0 Å². The number of ketones is 1. The Kier molecular flexibility index (Phi) is 5.47. The number of carbonyl (C=O) groups excluding carboxylic acids is 2. The Morgan fingerprint density at radius 2 is 1.74 bits per heavy atom. The fourth-order valence-corrected chi connectivity index (χ4v) is 1.35. The third kappa shape index (κ3) is 4.75. The summed E-state index contributed by atoms with van der Waals surface area (Å²) in [5, 5.41) is 8.71. The molecule has 0 spiro atoms. The highest BCUT2D eigenvalue weighted by molar-refractivity contribution is 5.92. The van der Waals surface area contributed by atoms with E-state index in [0.29, 0.717) is 6.42 Å². The summed E-state index contributed by atoms with van der Waals surface area (Å²) in [6, 6.07) is 5.45. The fraction of sp³-hybridized carbons (Fsp3) is 0.214. The van der Waals surface area contributed by atoms with Crippen molar-refractivity contribution in [2.75, 3.05) is 6.61 Å². The van der Waals surface area contributed by atoms with E-state index in [2.05, 4.69) is 6.58 Å². The van der Waals surface area contributed by atoms with Gasteiger partial charge in [-0.3, -0.25) is 4.79 Å². The van der Waals surface area contributed by atoms with E-state index in [9.17, 15) is 14.4 Å². The average Bonchev–Trinajstić information content (AvgIpc) is 2.43. The number of hydrogen-bond acceptors (Lipinski definition) is 4. The van der Waals surface area contributed by atoms with Crippen LogP contribution in [0.15, 0.2) is 36.9 Å². The third-order valence-electron chi connectivity index (χ3n) is 2.40. The standard InChI is InChI=1S/C14H14O5/c1-2-12(15)4-3-9-19-14(18)11-7-5-10(6-8-11)13(16)17/h2,5-8H,1,3-4,9H2,(H,16,17). The van der Waals surface area contributed by atoms with Gasteiger partial charge in [-0.2, -0.15) is 0 Å². The van der Waals surface area contributed by atoms with Crippen molar-refractivity contribution in [3.05, 3.63) is 48.0 Å². The van der Waals surface area contributed by atoms with Crippen molar-refractivity contribution in [3.63, 3.8) is 0 Å². The van der Waals surface area contributed by atoms with Crippen LogP contribution in [0.5, 0.6) is 0 Å². The van der Waals surface area contributed by atoms with Gasteiger partial charge in [0.25, 0.3) is 0 Å². The maximum absolute atomic E-state index is 11.6. The van der Waals surface area contributed by atoms with Crippen LogP contribution in [0, 0.1) is 0 Å². The van der Waals surface area contributed by atoms with Crippen LogP contribution >= 0.6 is 0 Å². The molecular formula is C14H14O5. The number of allylic oxidation sites excluding steroid dienone is 1. The molecule has 0 aliphatic rings. The van der Waals surface area contributed by atoms with Gasteiger partial charge in [0, 0.05) is 6.42 Å². The summed E-state index contributed by atoms with van der Waals surface area (Å²) in [6.07, 6.45) is 1.95. The summed E-state index contributed by atoms with van der Waals surface area (Å²) >= 11 is 0. The van der Waals surface area contributed by atoms with Crippen LogP contribution in [-0.4, -0.2) is 29.4 Å². The molecule has 1 aromatic rings. The number of rotatable bonds is 7. The minimum atomic E-state index is -1.05. The highest BCUT2D eigenvalue weighted by Crippen LogP contribution is 2.06. The zero-order chi connectivity index (χ0) is 14.3. The summed E-state index contributed by atoms with van der Waals surface area (Å²) < 4.78 is 4.95. The van der Waals surface area contributed by atoms with E-state index in [1.165, 1.54) is 30.3 Å². The summed E-state index contributed by atoms with van der Waals surface area (Å²) in [7, 11) is 0. The SMILES string of the molecule is C=CC(=O)CCCOC(=O)c1ccc(C(=O)O)cc1. The number of aromatic carboxylic acids is 1. The molecule has 5 nitrogen and oxygen atoms in total. The molecule has 0 atom stereocenters. The van der Waals surface area contributed by atoms with Crippen LogP contribution in [0.4, 0.5) is 0 Å². The Bertz CT molecular complexity index is 487. The second-order valence-corrected chi connectivity index (χ2v) is 3.79. The van der Waals surface area contributed by atoms with Gasteiger partial charge in [0.05, 0.1) is 17.7 Å². The minimum Gasteiger partial charge on any atom is -0.478 e. The number of ether oxygens (including phenoxy) is 1. The van der Waals surface area contributed by atoms with Crippen molar-refractivity contribution in [1.29, 1.82) is 0 Å². The Morgan fingerprint density at radius 3 is 2.26 bits per heavy atom. The van der Waals surface area contributed by atoms with E-state index in [4.69, 9.17) is 9.84 Å². The van der Waals surface area contributed by atoms with Crippen molar-refractivity contribution < 1.29 is 24.2 Å². The minimum absolute atomic E-state index is 0.0955. The number of benzene rings is 1. The largest absolute Gasteiger partial charge is 0.478 e. The molecule has 0 amide bonds. The van der Waals surface area contributed by atoms with Crippen molar-refractivity contribution in [2.24, 2.45) is 0 Å². The van der Waals surface area contributed by atoms with Gasteiger partial charge in [0.15, 0.2) is 5.78 Å². The number of hydrogen-bond donors (Lipinski definition) is 1. The molecule has 0 aliphatic carbocycles. The molecule has 1 rings (SSSR count). The Morgan fingerprint density at radius 1 is 1.16 bits per heavy atom. The summed E-state index contributed by atoms with van der Waals surface area (Å²) in [5.74, 6) is -1.69. The molecule has 0 fully saturated rings. The first-order chi connectivity index (χ1) is 9.04. The Labute approximate surface area is 110 Å². The molecule has 0 heterocycles. The molecule has 5 heteroatoms. The third-order valence-corrected chi connectivity index (χ3v) is 2.40. The van der Waals surface area contributed by atoms with E-state index < -0.39 is 11.9 Å². The Hall–Kier alpha value is -2.43. The van der Waals surface area contributed by atoms with Crippen LogP contribution in [0.3, 0.4) is 0 Å². The van der Waals surface area contributed by atoms with E-state index in [-0.39, 0.29) is 29.9 Å². The van der Waals surface area contributed by atoms with Crippen LogP contribution in [0.25, 0.3) is 0 Å². The highest BCUT2D eigenvalue weighted by Gasteiger charge is 2.09. The lowest BCUT2D eigenvalue weighted by Crippen LogP contribution is -2.08. The molecule has 0 unspecified atom stereocenters. The monoisotopic (exact) mass is 262 g/mol. The van der Waals surface area contributed by atoms with Gasteiger partial charge >= 0.3 is 11.9 Å². The summed E-state index contributed by atoms with van der Waals surface area (Å²) in [6.45, 7) is 3.48. The molecule has 0 aromatic heterocycles. The topological polar surface area (TPSA) is 80.7 Å². The van der Waals surface area contributed by atoms with E-state index in [1.54, 1.807) is 0 Å². The maximum atomic E-state index is 11.6. The van der Waals surface area contributed by atoms with E-state index in [1.807, 2.05) is 0 Å².